The maximum atomic E-state index is 9.78. The number of rotatable bonds is 4. The summed E-state index contributed by atoms with van der Waals surface area (Å²) in [5, 5.41) is 6.77. The molecule has 0 bridgehead atoms. The van der Waals surface area contributed by atoms with Crippen molar-refractivity contribution in [1.82, 2.24) is 0 Å². The Labute approximate surface area is 360 Å². The van der Waals surface area contributed by atoms with E-state index in [0.717, 1.165) is 76.9 Å². The summed E-state index contributed by atoms with van der Waals surface area (Å²) < 4.78 is 95.5. The van der Waals surface area contributed by atoms with Crippen LogP contribution in [-0.2, 0) is 5.41 Å². The zero-order valence-corrected chi connectivity index (χ0v) is 33.0. The van der Waals surface area contributed by atoms with Crippen LogP contribution in [0.5, 0.6) is 0 Å². The molecule has 2 heterocycles. The van der Waals surface area contributed by atoms with Crippen LogP contribution >= 0.6 is 0 Å². The van der Waals surface area contributed by atoms with E-state index >= 15 is 0 Å². The van der Waals surface area contributed by atoms with Gasteiger partial charge < -0.3 is 8.83 Å². The Balaban J connectivity index is 1.29. The maximum absolute atomic E-state index is 9.78. The molecule has 0 aliphatic rings. The summed E-state index contributed by atoms with van der Waals surface area (Å²) in [5.41, 5.74) is 8.05. The first-order valence-electron chi connectivity index (χ1n) is 24.6. The monoisotopic (exact) mass is 777 g/mol. The van der Waals surface area contributed by atoms with Crippen LogP contribution in [0.3, 0.4) is 0 Å². The van der Waals surface area contributed by atoms with Crippen LogP contribution in [0.4, 0.5) is 0 Å². The molecular formula is C58H40O2. The van der Waals surface area contributed by atoms with Crippen molar-refractivity contribution in [3.63, 3.8) is 0 Å². The van der Waals surface area contributed by atoms with E-state index < -0.39 is 47.7 Å². The van der Waals surface area contributed by atoms with Gasteiger partial charge >= 0.3 is 0 Å². The van der Waals surface area contributed by atoms with E-state index in [9.17, 15) is 5.48 Å². The molecule has 0 atom stereocenters. The van der Waals surface area contributed by atoms with Gasteiger partial charge in [0, 0.05) is 32.7 Å². The quantitative estimate of drug-likeness (QED) is 0.166. The van der Waals surface area contributed by atoms with Crippen LogP contribution in [0.25, 0.3) is 121 Å². The Kier molecular flexibility index (Phi) is 5.77. The molecule has 0 aliphatic heterocycles. The van der Waals surface area contributed by atoms with Crippen LogP contribution in [0, 0.1) is 0 Å². The second-order valence-electron chi connectivity index (χ2n) is 16.5. The molecule has 0 spiro atoms. The van der Waals surface area contributed by atoms with Crippen LogP contribution in [0.15, 0.2) is 197 Å². The first-order valence-corrected chi connectivity index (χ1v) is 20.1. The molecule has 2 aromatic heterocycles. The van der Waals surface area contributed by atoms with Gasteiger partial charge in [-0.3, -0.25) is 0 Å². The van der Waals surface area contributed by atoms with E-state index in [1.54, 1.807) is 0 Å². The molecule has 0 N–H and O–H groups in total. The van der Waals surface area contributed by atoms with E-state index in [1.807, 2.05) is 91.0 Å². The largest absolute Gasteiger partial charge is 0.456 e. The fourth-order valence-electron chi connectivity index (χ4n) is 9.27. The summed E-state index contributed by atoms with van der Waals surface area (Å²) >= 11 is 0. The highest BCUT2D eigenvalue weighted by Gasteiger charge is 2.25. The Morgan fingerprint density at radius 2 is 1.08 bits per heavy atom. The minimum atomic E-state index is -0.559. The lowest BCUT2D eigenvalue weighted by molar-refractivity contribution is 0.591. The molecule has 12 rings (SSSR count). The van der Waals surface area contributed by atoms with E-state index in [1.165, 1.54) is 0 Å². The van der Waals surface area contributed by atoms with Gasteiger partial charge in [0.25, 0.3) is 0 Å². The smallest absolute Gasteiger partial charge is 0.143 e. The Hall–Kier alpha value is -7.42. The number of furan rings is 2. The molecule has 284 valence electrons. The number of fused-ring (bicyclic) bond motifs is 9. The highest BCUT2D eigenvalue weighted by atomic mass is 16.3. The molecule has 12 aromatic rings. The maximum Gasteiger partial charge on any atom is 0.143 e. The second-order valence-corrected chi connectivity index (χ2v) is 16.5. The lowest BCUT2D eigenvalue weighted by Crippen LogP contribution is -2.10. The van der Waals surface area contributed by atoms with Gasteiger partial charge in [-0.05, 0) is 119 Å². The van der Waals surface area contributed by atoms with Crippen molar-refractivity contribution in [2.45, 2.75) is 26.2 Å². The first-order chi connectivity index (χ1) is 33.1. The number of hydrogen-bond donors (Lipinski definition) is 0. The van der Waals surface area contributed by atoms with Crippen LogP contribution in [0.1, 0.15) is 38.7 Å². The SMILES string of the molecule is [2H]c1c([2H])c([2H])c(-c2c3cc(C(C)(C)C)ccc3c(-c3cc(-c4c(-c5cccc6c5oc5ccccc56)ccc5oc6ccccc6c45)cc4ccccc34)c3c([2H])c([2H])c([2H])c([2H])c23)c([2H])c1[2H]. The predicted octanol–water partition coefficient (Wildman–Crippen LogP) is 16.9. The molecule has 60 heavy (non-hydrogen) atoms. The third-order valence-electron chi connectivity index (χ3n) is 12.0. The molecule has 0 amide bonds. The van der Waals surface area contributed by atoms with E-state index in [-0.39, 0.29) is 34.0 Å². The third-order valence-corrected chi connectivity index (χ3v) is 12.0. The molecule has 0 unspecified atom stereocenters. The summed E-state index contributed by atoms with van der Waals surface area (Å²) in [7, 11) is 0. The van der Waals surface area contributed by atoms with Gasteiger partial charge in [0.15, 0.2) is 0 Å². The molecule has 2 nitrogen and oxygen atoms in total. The van der Waals surface area contributed by atoms with Crippen molar-refractivity contribution in [3.8, 4) is 44.5 Å². The van der Waals surface area contributed by atoms with Crippen molar-refractivity contribution in [1.29, 1.82) is 0 Å². The van der Waals surface area contributed by atoms with Crippen molar-refractivity contribution < 1.29 is 21.2 Å². The molecule has 2 heteroatoms. The number of hydrogen-bond acceptors (Lipinski definition) is 2. The average molecular weight is 778 g/mol. The molecule has 0 fully saturated rings. The summed E-state index contributed by atoms with van der Waals surface area (Å²) in [6.07, 6.45) is 0. The van der Waals surface area contributed by atoms with Gasteiger partial charge in [-0.25, -0.2) is 0 Å². The zero-order valence-electron chi connectivity index (χ0n) is 42.0. The summed E-state index contributed by atoms with van der Waals surface area (Å²) in [6, 6.07) is 40.1. The summed E-state index contributed by atoms with van der Waals surface area (Å²) in [6.45, 7) is 6.19. The molecule has 0 radical (unpaired) electrons. The minimum absolute atomic E-state index is 0.0581. The first kappa shape index (κ1) is 26.6. The fourth-order valence-corrected chi connectivity index (χ4v) is 9.27. The molecule has 0 saturated heterocycles. The normalized spacial score (nSPS) is 14.3. The zero-order chi connectivity index (χ0) is 47.9. The third kappa shape index (κ3) is 5.20. The standard InChI is InChI=1S/C58H40O2/c1-58(2,3)38-28-29-44-49(34-38)53(35-16-5-4-6-17-35)41-21-9-10-22-42(41)55(44)48-33-37(32-36-18-7-8-19-39(36)48)54-43(30-31-52-56(54)47-23-12-14-27-51(47)59-52)46-25-15-24-45-40-20-11-13-26-50(40)60-57(45)46/h4-34H,1-3H3/i4D,5D,6D,9D,10D,16D,17D,21D,22D. The van der Waals surface area contributed by atoms with E-state index in [4.69, 9.17) is 15.7 Å². The van der Waals surface area contributed by atoms with Crippen molar-refractivity contribution in [2.24, 2.45) is 0 Å². The van der Waals surface area contributed by atoms with Gasteiger partial charge in [-0.2, -0.15) is 0 Å². The van der Waals surface area contributed by atoms with Crippen LogP contribution < -0.4 is 0 Å². The summed E-state index contributed by atoms with van der Waals surface area (Å²) in [4.78, 5) is 0. The van der Waals surface area contributed by atoms with Gasteiger partial charge in [0.05, 0.1) is 12.3 Å². The fraction of sp³-hybridized carbons (Fsp3) is 0.0690. The highest BCUT2D eigenvalue weighted by molar-refractivity contribution is 6.25. The van der Waals surface area contributed by atoms with Crippen LogP contribution in [0.2, 0.25) is 0 Å². The molecular weight excluding hydrogens is 729 g/mol. The Morgan fingerprint density at radius 3 is 1.88 bits per heavy atom. The predicted molar refractivity (Wildman–Crippen MR) is 254 cm³/mol. The van der Waals surface area contributed by atoms with Crippen molar-refractivity contribution >= 4 is 76.2 Å². The number of para-hydroxylation sites is 3. The van der Waals surface area contributed by atoms with Gasteiger partial charge in [0.1, 0.15) is 22.3 Å². The average Bonchev–Trinajstić information content (AvgIpc) is 3.94. The van der Waals surface area contributed by atoms with Crippen LogP contribution in [-0.4, -0.2) is 0 Å². The van der Waals surface area contributed by atoms with Gasteiger partial charge in [-0.1, -0.05) is 166 Å². The molecule has 0 saturated carbocycles. The molecule has 10 aromatic carbocycles. The Bertz CT molecular complexity index is 4200. The van der Waals surface area contributed by atoms with E-state index in [0.29, 0.717) is 27.5 Å². The highest BCUT2D eigenvalue weighted by Crippen LogP contribution is 2.50. The Morgan fingerprint density at radius 1 is 0.400 bits per heavy atom. The van der Waals surface area contributed by atoms with Gasteiger partial charge in [0.2, 0.25) is 0 Å². The minimum Gasteiger partial charge on any atom is -0.456 e. The second kappa shape index (κ2) is 13.0. The topological polar surface area (TPSA) is 26.3 Å². The van der Waals surface area contributed by atoms with Crippen molar-refractivity contribution in [2.75, 3.05) is 0 Å². The lowest BCUT2D eigenvalue weighted by Gasteiger charge is -2.24. The molecule has 0 aliphatic carbocycles. The number of benzene rings is 10. The summed E-state index contributed by atoms with van der Waals surface area (Å²) in [5.74, 6) is 0. The lowest BCUT2D eigenvalue weighted by atomic mass is 9.80. The van der Waals surface area contributed by atoms with Crippen molar-refractivity contribution in [3.05, 3.63) is 193 Å². The van der Waals surface area contributed by atoms with Gasteiger partial charge in [-0.15, -0.1) is 0 Å². The van der Waals surface area contributed by atoms with E-state index in [2.05, 4.69) is 63.2 Å².